The Hall–Kier alpha value is -0.470. The van der Waals surface area contributed by atoms with E-state index in [4.69, 9.17) is 11.6 Å². The molecular formula is C14H16ClF2IN2O. The van der Waals surface area contributed by atoms with Crippen molar-refractivity contribution in [2.45, 2.75) is 25.3 Å². The zero-order valence-electron chi connectivity index (χ0n) is 11.3. The molecule has 1 aromatic carbocycles. The van der Waals surface area contributed by atoms with Gasteiger partial charge in [-0.1, -0.05) is 11.6 Å². The van der Waals surface area contributed by atoms with Gasteiger partial charge in [-0.15, -0.1) is 0 Å². The lowest BCUT2D eigenvalue weighted by Gasteiger charge is -2.32. The number of halogens is 4. The third kappa shape index (κ3) is 5.03. The first-order valence-corrected chi connectivity index (χ1v) is 8.18. The molecule has 2 rings (SSSR count). The Morgan fingerprint density at radius 2 is 2.10 bits per heavy atom. The van der Waals surface area contributed by atoms with Crippen LogP contribution in [0.25, 0.3) is 0 Å². The van der Waals surface area contributed by atoms with E-state index in [1.807, 2.05) is 0 Å². The minimum absolute atomic E-state index is 0.0397. The minimum Gasteiger partial charge on any atom is -0.349 e. The van der Waals surface area contributed by atoms with E-state index in [2.05, 4.69) is 27.9 Å². The lowest BCUT2D eigenvalue weighted by molar-refractivity contribution is 0.0696. The van der Waals surface area contributed by atoms with Crippen molar-refractivity contribution in [3.8, 4) is 0 Å². The molecule has 1 amide bonds. The van der Waals surface area contributed by atoms with Crippen molar-refractivity contribution in [2.75, 3.05) is 19.6 Å². The van der Waals surface area contributed by atoms with E-state index in [0.717, 1.165) is 3.57 Å². The average molecular weight is 429 g/mol. The van der Waals surface area contributed by atoms with Crippen LogP contribution in [0.1, 0.15) is 23.2 Å². The molecule has 0 atom stereocenters. The van der Waals surface area contributed by atoms with E-state index in [-0.39, 0.29) is 18.5 Å². The molecule has 1 aromatic rings. The molecule has 1 aliphatic rings. The van der Waals surface area contributed by atoms with Crippen molar-refractivity contribution in [2.24, 2.45) is 0 Å². The summed E-state index contributed by atoms with van der Waals surface area (Å²) in [5, 5.41) is 3.56. The van der Waals surface area contributed by atoms with Gasteiger partial charge >= 0.3 is 0 Å². The van der Waals surface area contributed by atoms with Crippen LogP contribution in [-0.2, 0) is 0 Å². The van der Waals surface area contributed by atoms with Crippen molar-refractivity contribution >= 4 is 40.1 Å². The second kappa shape index (κ2) is 7.69. The SMILES string of the molecule is O=C(NC1CCN(CC(F)F)CC1)c1ccc(Cl)cc1I. The molecule has 1 heterocycles. The smallest absolute Gasteiger partial charge is 0.252 e. The van der Waals surface area contributed by atoms with E-state index >= 15 is 0 Å². The lowest BCUT2D eigenvalue weighted by atomic mass is 10.0. The summed E-state index contributed by atoms with van der Waals surface area (Å²) in [6.07, 6.45) is -0.905. The monoisotopic (exact) mass is 428 g/mol. The highest BCUT2D eigenvalue weighted by Gasteiger charge is 2.23. The Morgan fingerprint density at radius 1 is 1.43 bits per heavy atom. The number of carbonyl (C=O) groups is 1. The Kier molecular flexibility index (Phi) is 6.19. The summed E-state index contributed by atoms with van der Waals surface area (Å²) in [5.74, 6) is -0.136. The number of nitrogens with one attached hydrogen (secondary N) is 1. The highest BCUT2D eigenvalue weighted by atomic mass is 127. The molecule has 3 nitrogen and oxygen atoms in total. The van der Waals surface area contributed by atoms with Crippen molar-refractivity contribution in [1.29, 1.82) is 0 Å². The van der Waals surface area contributed by atoms with Gasteiger partial charge < -0.3 is 5.32 Å². The maximum Gasteiger partial charge on any atom is 0.252 e. The number of carbonyl (C=O) groups excluding carboxylic acids is 1. The van der Waals surface area contributed by atoms with E-state index < -0.39 is 6.43 Å². The Labute approximate surface area is 141 Å². The Balaban J connectivity index is 1.87. The fourth-order valence-corrected chi connectivity index (χ4v) is 3.51. The largest absolute Gasteiger partial charge is 0.349 e. The molecule has 1 N–H and O–H groups in total. The number of amides is 1. The summed E-state index contributed by atoms with van der Waals surface area (Å²) in [6.45, 7) is 0.996. The van der Waals surface area contributed by atoms with Crippen LogP contribution in [-0.4, -0.2) is 42.9 Å². The number of piperidine rings is 1. The topological polar surface area (TPSA) is 32.3 Å². The van der Waals surface area contributed by atoms with Crippen LogP contribution in [0.5, 0.6) is 0 Å². The van der Waals surface area contributed by atoms with E-state index in [0.29, 0.717) is 36.5 Å². The standard InChI is InChI=1S/C14H16ClF2IN2O/c15-9-1-2-11(12(18)7-9)14(21)19-10-3-5-20(6-4-10)8-13(16)17/h1-2,7,10,13H,3-6,8H2,(H,19,21). The lowest BCUT2D eigenvalue weighted by Crippen LogP contribution is -2.45. The molecule has 116 valence electrons. The quantitative estimate of drug-likeness (QED) is 0.746. The summed E-state index contributed by atoms with van der Waals surface area (Å²) in [6, 6.07) is 5.16. The number of nitrogens with zero attached hydrogens (tertiary/aromatic N) is 1. The third-order valence-electron chi connectivity index (χ3n) is 3.49. The molecule has 0 unspecified atom stereocenters. The fourth-order valence-electron chi connectivity index (χ4n) is 2.39. The van der Waals surface area contributed by atoms with Crippen LogP contribution in [0.2, 0.25) is 5.02 Å². The molecule has 0 aromatic heterocycles. The summed E-state index contributed by atoms with van der Waals surface area (Å²) in [4.78, 5) is 13.9. The predicted molar refractivity (Wildman–Crippen MR) is 87.1 cm³/mol. The van der Waals surface area contributed by atoms with Gasteiger partial charge in [0.15, 0.2) is 0 Å². The average Bonchev–Trinajstić information content (AvgIpc) is 2.40. The summed E-state index contributed by atoms with van der Waals surface area (Å²) >= 11 is 7.94. The zero-order valence-corrected chi connectivity index (χ0v) is 14.2. The Morgan fingerprint density at radius 3 is 2.67 bits per heavy atom. The van der Waals surface area contributed by atoms with E-state index in [1.54, 1.807) is 23.1 Å². The van der Waals surface area contributed by atoms with Gasteiger partial charge in [-0.2, -0.15) is 0 Å². The molecule has 0 radical (unpaired) electrons. The van der Waals surface area contributed by atoms with Crippen LogP contribution in [0.4, 0.5) is 8.78 Å². The number of alkyl halides is 2. The van der Waals surface area contributed by atoms with Gasteiger partial charge in [0.1, 0.15) is 0 Å². The maximum absolute atomic E-state index is 12.3. The third-order valence-corrected chi connectivity index (χ3v) is 4.62. The van der Waals surface area contributed by atoms with Crippen molar-refractivity contribution in [1.82, 2.24) is 10.2 Å². The highest BCUT2D eigenvalue weighted by molar-refractivity contribution is 14.1. The van der Waals surface area contributed by atoms with Crippen LogP contribution >= 0.6 is 34.2 Å². The van der Waals surface area contributed by atoms with Crippen LogP contribution < -0.4 is 5.32 Å². The fraction of sp³-hybridized carbons (Fsp3) is 0.500. The number of likely N-dealkylation sites (tertiary alicyclic amines) is 1. The second-order valence-corrected chi connectivity index (χ2v) is 6.66. The molecule has 7 heteroatoms. The molecule has 1 aliphatic heterocycles. The first kappa shape index (κ1) is 16.9. The molecule has 0 saturated carbocycles. The second-order valence-electron chi connectivity index (χ2n) is 5.06. The summed E-state index contributed by atoms with van der Waals surface area (Å²) in [7, 11) is 0. The molecule has 21 heavy (non-hydrogen) atoms. The number of rotatable bonds is 4. The number of benzene rings is 1. The van der Waals surface area contributed by atoms with Crippen LogP contribution in [0.3, 0.4) is 0 Å². The first-order chi connectivity index (χ1) is 9.95. The van der Waals surface area contributed by atoms with Gasteiger partial charge in [0.05, 0.1) is 12.1 Å². The van der Waals surface area contributed by atoms with Gasteiger partial charge in [0.25, 0.3) is 12.3 Å². The van der Waals surface area contributed by atoms with Crippen molar-refractivity contribution in [3.05, 3.63) is 32.4 Å². The maximum atomic E-state index is 12.3. The predicted octanol–water partition coefficient (Wildman–Crippen LogP) is 3.40. The molecule has 0 aliphatic carbocycles. The summed E-state index contributed by atoms with van der Waals surface area (Å²) < 4.78 is 25.4. The van der Waals surface area contributed by atoms with Crippen LogP contribution in [0.15, 0.2) is 18.2 Å². The molecule has 0 bridgehead atoms. The molecule has 0 spiro atoms. The Bertz CT molecular complexity index is 508. The van der Waals surface area contributed by atoms with Gasteiger partial charge in [-0.3, -0.25) is 9.69 Å². The van der Waals surface area contributed by atoms with Gasteiger partial charge in [0.2, 0.25) is 0 Å². The van der Waals surface area contributed by atoms with Crippen molar-refractivity contribution in [3.63, 3.8) is 0 Å². The normalized spacial score (nSPS) is 17.2. The van der Waals surface area contributed by atoms with E-state index in [9.17, 15) is 13.6 Å². The van der Waals surface area contributed by atoms with Crippen molar-refractivity contribution < 1.29 is 13.6 Å². The van der Waals surface area contributed by atoms with Gasteiger partial charge in [0, 0.05) is 27.7 Å². The highest BCUT2D eigenvalue weighted by Crippen LogP contribution is 2.19. The number of hydrogen-bond acceptors (Lipinski definition) is 2. The van der Waals surface area contributed by atoms with Gasteiger partial charge in [-0.05, 0) is 53.6 Å². The molecular weight excluding hydrogens is 413 g/mol. The first-order valence-electron chi connectivity index (χ1n) is 6.72. The number of hydrogen-bond donors (Lipinski definition) is 1. The van der Waals surface area contributed by atoms with Crippen LogP contribution in [0, 0.1) is 3.57 Å². The van der Waals surface area contributed by atoms with E-state index in [1.165, 1.54) is 0 Å². The molecule has 1 fully saturated rings. The molecule has 1 saturated heterocycles. The van der Waals surface area contributed by atoms with Gasteiger partial charge in [-0.25, -0.2) is 8.78 Å². The summed E-state index contributed by atoms with van der Waals surface area (Å²) in [5.41, 5.74) is 0.593. The minimum atomic E-state index is -2.30. The zero-order chi connectivity index (χ0) is 15.4.